The summed E-state index contributed by atoms with van der Waals surface area (Å²) in [5.74, 6) is -1.61. The number of benzene rings is 2. The molecule has 4 nitrogen and oxygen atoms in total. The molecule has 0 fully saturated rings. The van der Waals surface area contributed by atoms with Gasteiger partial charge in [-0.25, -0.2) is 4.79 Å². The van der Waals surface area contributed by atoms with E-state index in [1.54, 1.807) is 18.2 Å². The van der Waals surface area contributed by atoms with Crippen molar-refractivity contribution in [3.05, 3.63) is 82.9 Å². The number of rotatable bonds is 4. The molecule has 2 aromatic carbocycles. The molecule has 7 heteroatoms. The van der Waals surface area contributed by atoms with Crippen molar-refractivity contribution >= 4 is 11.9 Å². The second kappa shape index (κ2) is 7.26. The van der Waals surface area contributed by atoms with Crippen LogP contribution in [-0.2, 0) is 17.4 Å². The molecule has 1 aliphatic rings. The molecule has 1 amide bonds. The van der Waals surface area contributed by atoms with Crippen LogP contribution in [0.5, 0.6) is 0 Å². The van der Waals surface area contributed by atoms with E-state index in [9.17, 15) is 27.9 Å². The van der Waals surface area contributed by atoms with E-state index in [0.29, 0.717) is 5.56 Å². The third-order valence-electron chi connectivity index (χ3n) is 4.36. The molecule has 0 radical (unpaired) electrons. The summed E-state index contributed by atoms with van der Waals surface area (Å²) < 4.78 is 39.5. The van der Waals surface area contributed by atoms with Gasteiger partial charge in [-0.05, 0) is 35.7 Å². The molecule has 1 atom stereocenters. The van der Waals surface area contributed by atoms with Crippen LogP contribution in [0.4, 0.5) is 13.2 Å². The number of aliphatic carboxylic acids is 1. The normalized spacial score (nSPS) is 16.6. The van der Waals surface area contributed by atoms with E-state index in [1.165, 1.54) is 41.3 Å². The smallest absolute Gasteiger partial charge is 0.416 e. The zero-order valence-electron chi connectivity index (χ0n) is 14.1. The minimum Gasteiger partial charge on any atom is -0.479 e. The Morgan fingerprint density at radius 1 is 1.11 bits per heavy atom. The number of carbonyl (C=O) groups excluding carboxylic acids is 1. The van der Waals surface area contributed by atoms with Gasteiger partial charge in [-0.3, -0.25) is 4.79 Å². The molecule has 1 heterocycles. The maximum absolute atomic E-state index is 13.2. The predicted octanol–water partition coefficient (Wildman–Crippen LogP) is 3.76. The summed E-state index contributed by atoms with van der Waals surface area (Å²) in [6, 6.07) is 10.5. The van der Waals surface area contributed by atoms with Gasteiger partial charge in [0.1, 0.15) is 6.04 Å². The van der Waals surface area contributed by atoms with Gasteiger partial charge in [-0.1, -0.05) is 42.5 Å². The number of nitrogens with zero attached hydrogens (tertiary/aromatic N) is 1. The molecule has 3 rings (SSSR count). The van der Waals surface area contributed by atoms with Gasteiger partial charge < -0.3 is 10.0 Å². The lowest BCUT2D eigenvalue weighted by Crippen LogP contribution is -2.40. The van der Waals surface area contributed by atoms with Crippen molar-refractivity contribution in [2.75, 3.05) is 6.54 Å². The van der Waals surface area contributed by atoms with Crippen LogP contribution in [0.1, 0.15) is 27.0 Å². The molecule has 0 bridgehead atoms. The monoisotopic (exact) mass is 375 g/mol. The minimum absolute atomic E-state index is 0.0113. The highest BCUT2D eigenvalue weighted by Crippen LogP contribution is 2.33. The van der Waals surface area contributed by atoms with E-state index in [0.717, 1.165) is 6.07 Å². The summed E-state index contributed by atoms with van der Waals surface area (Å²) in [4.78, 5) is 25.1. The van der Waals surface area contributed by atoms with Crippen molar-refractivity contribution in [3.8, 4) is 0 Å². The number of carboxylic acids is 1. The Hall–Kier alpha value is -3.09. The van der Waals surface area contributed by atoms with Crippen LogP contribution in [-0.4, -0.2) is 34.5 Å². The van der Waals surface area contributed by atoms with E-state index in [-0.39, 0.29) is 24.1 Å². The molecule has 0 spiro atoms. The summed E-state index contributed by atoms with van der Waals surface area (Å²) in [6.45, 7) is 0.178. The van der Waals surface area contributed by atoms with Crippen molar-refractivity contribution < 1.29 is 27.9 Å². The molecule has 1 N–H and O–H groups in total. The van der Waals surface area contributed by atoms with E-state index in [4.69, 9.17) is 0 Å². The van der Waals surface area contributed by atoms with Crippen LogP contribution in [0, 0.1) is 0 Å². The first-order valence-corrected chi connectivity index (χ1v) is 8.22. The molecule has 0 aliphatic carbocycles. The first-order valence-electron chi connectivity index (χ1n) is 8.22. The van der Waals surface area contributed by atoms with Gasteiger partial charge in [0.25, 0.3) is 5.91 Å². The van der Waals surface area contributed by atoms with Crippen LogP contribution >= 0.6 is 0 Å². The first-order chi connectivity index (χ1) is 12.8. The number of amides is 1. The summed E-state index contributed by atoms with van der Waals surface area (Å²) in [5, 5.41) is 9.18. The summed E-state index contributed by atoms with van der Waals surface area (Å²) in [5.41, 5.74) is 0.181. The van der Waals surface area contributed by atoms with Gasteiger partial charge in [0.15, 0.2) is 0 Å². The summed E-state index contributed by atoms with van der Waals surface area (Å²) in [7, 11) is 0. The third kappa shape index (κ3) is 4.02. The van der Waals surface area contributed by atoms with Crippen LogP contribution in [0.25, 0.3) is 0 Å². The van der Waals surface area contributed by atoms with Crippen LogP contribution in [0.2, 0.25) is 0 Å². The van der Waals surface area contributed by atoms with E-state index in [2.05, 4.69) is 0 Å². The van der Waals surface area contributed by atoms with Crippen LogP contribution in [0.3, 0.4) is 0 Å². The Morgan fingerprint density at radius 2 is 1.85 bits per heavy atom. The fourth-order valence-corrected chi connectivity index (χ4v) is 3.10. The van der Waals surface area contributed by atoms with Crippen molar-refractivity contribution in [2.45, 2.75) is 18.6 Å². The molecule has 27 heavy (non-hydrogen) atoms. The zero-order valence-corrected chi connectivity index (χ0v) is 14.1. The van der Waals surface area contributed by atoms with Crippen molar-refractivity contribution in [3.63, 3.8) is 0 Å². The average molecular weight is 375 g/mol. The topological polar surface area (TPSA) is 57.6 Å². The second-order valence-corrected chi connectivity index (χ2v) is 6.20. The number of carboxylic acid groups (broad SMARTS) is 1. The highest BCUT2D eigenvalue weighted by molar-refractivity contribution is 5.97. The lowest BCUT2D eigenvalue weighted by molar-refractivity contribution is -0.140. The molecular weight excluding hydrogens is 359 g/mol. The maximum Gasteiger partial charge on any atom is 0.416 e. The van der Waals surface area contributed by atoms with Crippen LogP contribution in [0.15, 0.2) is 60.7 Å². The zero-order chi connectivity index (χ0) is 19.6. The van der Waals surface area contributed by atoms with E-state index < -0.39 is 29.7 Å². The van der Waals surface area contributed by atoms with Crippen LogP contribution < -0.4 is 0 Å². The first kappa shape index (κ1) is 18.7. The van der Waals surface area contributed by atoms with Gasteiger partial charge in [-0.15, -0.1) is 0 Å². The highest BCUT2D eigenvalue weighted by atomic mass is 19.4. The van der Waals surface area contributed by atoms with E-state index >= 15 is 0 Å². The lowest BCUT2D eigenvalue weighted by atomic mass is 9.98. The number of alkyl halides is 3. The van der Waals surface area contributed by atoms with Gasteiger partial charge in [0, 0.05) is 12.1 Å². The SMILES string of the molecule is O=C(O)C1C=CCN1C(=O)c1cccc(Cc2ccccc2C(F)(F)F)c1. The number of halogens is 3. The number of hydrogen-bond acceptors (Lipinski definition) is 2. The Kier molecular flexibility index (Phi) is 5.03. The predicted molar refractivity (Wildman–Crippen MR) is 92.3 cm³/mol. The maximum atomic E-state index is 13.2. The van der Waals surface area contributed by atoms with E-state index in [1.807, 2.05) is 0 Å². The van der Waals surface area contributed by atoms with Crippen molar-refractivity contribution in [1.82, 2.24) is 4.90 Å². The largest absolute Gasteiger partial charge is 0.479 e. The molecule has 1 aliphatic heterocycles. The fraction of sp³-hybridized carbons (Fsp3) is 0.200. The summed E-state index contributed by atoms with van der Waals surface area (Å²) in [6.07, 6.45) is -1.42. The fourth-order valence-electron chi connectivity index (χ4n) is 3.10. The second-order valence-electron chi connectivity index (χ2n) is 6.20. The standard InChI is InChI=1S/C20H16F3NO3/c21-20(22,23)16-8-2-1-6-14(16)11-13-5-3-7-15(12-13)18(25)24-10-4-9-17(24)19(26)27/h1-9,12,17H,10-11H2,(H,26,27). The quantitative estimate of drug-likeness (QED) is 0.828. The van der Waals surface area contributed by atoms with Gasteiger partial charge in [0.2, 0.25) is 0 Å². The Bertz CT molecular complexity index is 905. The third-order valence-corrected chi connectivity index (χ3v) is 4.36. The molecule has 0 aromatic heterocycles. The lowest BCUT2D eigenvalue weighted by Gasteiger charge is -2.21. The average Bonchev–Trinajstić information content (AvgIpc) is 3.11. The Labute approximate surface area is 153 Å². The molecule has 2 aromatic rings. The van der Waals surface area contributed by atoms with Gasteiger partial charge in [0.05, 0.1) is 5.56 Å². The summed E-state index contributed by atoms with van der Waals surface area (Å²) >= 11 is 0. The minimum atomic E-state index is -4.46. The Balaban J connectivity index is 1.85. The molecule has 0 saturated carbocycles. The van der Waals surface area contributed by atoms with Crippen molar-refractivity contribution in [2.24, 2.45) is 0 Å². The molecule has 0 saturated heterocycles. The molecular formula is C20H16F3NO3. The number of hydrogen-bond donors (Lipinski definition) is 1. The Morgan fingerprint density at radius 3 is 2.56 bits per heavy atom. The number of carbonyl (C=O) groups is 2. The van der Waals surface area contributed by atoms with Gasteiger partial charge in [-0.2, -0.15) is 13.2 Å². The van der Waals surface area contributed by atoms with Gasteiger partial charge >= 0.3 is 12.1 Å². The molecule has 1 unspecified atom stereocenters. The highest BCUT2D eigenvalue weighted by Gasteiger charge is 2.33. The van der Waals surface area contributed by atoms with Crippen molar-refractivity contribution in [1.29, 1.82) is 0 Å². The molecule has 140 valence electrons.